The van der Waals surface area contributed by atoms with Gasteiger partial charge in [0.05, 0.1) is 0 Å². The standard InChI is InChI=1S/C9H5Br3O2/c10-5-3-7(11)6(8(12)4-5)1-2-9(13)14/h1-4H,(H,13,14). The first-order chi connectivity index (χ1) is 6.50. The third-order valence-corrected chi connectivity index (χ3v) is 3.21. The Hall–Kier alpha value is -0.130. The Labute approximate surface area is 106 Å². The van der Waals surface area contributed by atoms with Crippen molar-refractivity contribution in [1.29, 1.82) is 0 Å². The van der Waals surface area contributed by atoms with Crippen molar-refractivity contribution in [2.45, 2.75) is 0 Å². The first kappa shape index (κ1) is 11.9. The van der Waals surface area contributed by atoms with Crippen molar-refractivity contribution < 1.29 is 9.90 Å². The molecule has 0 atom stereocenters. The number of carboxylic acid groups (broad SMARTS) is 1. The lowest BCUT2D eigenvalue weighted by Crippen LogP contribution is -1.87. The quantitative estimate of drug-likeness (QED) is 0.780. The van der Waals surface area contributed by atoms with Crippen LogP contribution in [0.1, 0.15) is 5.56 Å². The summed E-state index contributed by atoms with van der Waals surface area (Å²) in [5, 5.41) is 8.48. The molecule has 0 saturated carbocycles. The molecule has 0 aliphatic carbocycles. The van der Waals surface area contributed by atoms with E-state index >= 15 is 0 Å². The molecule has 0 unspecified atom stereocenters. The van der Waals surface area contributed by atoms with Crippen LogP contribution in [-0.2, 0) is 4.79 Å². The number of rotatable bonds is 2. The van der Waals surface area contributed by atoms with Crippen LogP contribution in [0.4, 0.5) is 0 Å². The molecule has 1 aromatic rings. The summed E-state index contributed by atoms with van der Waals surface area (Å²) in [4.78, 5) is 10.3. The van der Waals surface area contributed by atoms with Gasteiger partial charge in [0.1, 0.15) is 0 Å². The fraction of sp³-hybridized carbons (Fsp3) is 0. The fourth-order valence-corrected chi connectivity index (χ4v) is 3.39. The lowest BCUT2D eigenvalue weighted by atomic mass is 10.2. The molecule has 1 rings (SSSR count). The van der Waals surface area contributed by atoms with Gasteiger partial charge >= 0.3 is 5.97 Å². The molecule has 0 aliphatic rings. The summed E-state index contributed by atoms with van der Waals surface area (Å²) in [5.74, 6) is -0.966. The Morgan fingerprint density at radius 1 is 1.21 bits per heavy atom. The largest absolute Gasteiger partial charge is 0.478 e. The molecular weight excluding hydrogens is 380 g/mol. The van der Waals surface area contributed by atoms with Crippen molar-refractivity contribution >= 4 is 59.8 Å². The molecule has 0 heterocycles. The number of hydrogen-bond acceptors (Lipinski definition) is 1. The maximum atomic E-state index is 10.3. The van der Waals surface area contributed by atoms with Gasteiger partial charge in [-0.2, -0.15) is 0 Å². The van der Waals surface area contributed by atoms with Gasteiger partial charge in [-0.25, -0.2) is 4.79 Å². The Balaban J connectivity index is 3.15. The molecular formula is C9H5Br3O2. The van der Waals surface area contributed by atoms with Crippen LogP contribution in [0.25, 0.3) is 6.08 Å². The van der Waals surface area contributed by atoms with E-state index in [1.165, 1.54) is 6.08 Å². The van der Waals surface area contributed by atoms with Gasteiger partial charge in [0.2, 0.25) is 0 Å². The zero-order chi connectivity index (χ0) is 10.7. The van der Waals surface area contributed by atoms with Crippen molar-refractivity contribution in [2.75, 3.05) is 0 Å². The molecule has 14 heavy (non-hydrogen) atoms. The highest BCUT2D eigenvalue weighted by molar-refractivity contribution is 9.11. The second-order valence-electron chi connectivity index (χ2n) is 2.45. The van der Waals surface area contributed by atoms with E-state index in [4.69, 9.17) is 5.11 Å². The summed E-state index contributed by atoms with van der Waals surface area (Å²) in [6.45, 7) is 0. The van der Waals surface area contributed by atoms with Crippen molar-refractivity contribution in [3.8, 4) is 0 Å². The highest BCUT2D eigenvalue weighted by Gasteiger charge is 2.03. The number of carboxylic acids is 1. The molecule has 0 saturated heterocycles. The molecule has 1 aromatic carbocycles. The van der Waals surface area contributed by atoms with Crippen LogP contribution < -0.4 is 0 Å². The molecule has 0 spiro atoms. The smallest absolute Gasteiger partial charge is 0.328 e. The van der Waals surface area contributed by atoms with E-state index in [0.29, 0.717) is 0 Å². The van der Waals surface area contributed by atoms with Gasteiger partial charge in [-0.05, 0) is 18.2 Å². The number of halogens is 3. The molecule has 0 amide bonds. The number of hydrogen-bond donors (Lipinski definition) is 1. The van der Waals surface area contributed by atoms with Gasteiger partial charge in [-0.15, -0.1) is 0 Å². The maximum absolute atomic E-state index is 10.3. The van der Waals surface area contributed by atoms with Gasteiger partial charge in [-0.3, -0.25) is 0 Å². The first-order valence-corrected chi connectivity index (χ1v) is 5.94. The Morgan fingerprint density at radius 2 is 1.71 bits per heavy atom. The van der Waals surface area contributed by atoms with Gasteiger partial charge < -0.3 is 5.11 Å². The normalized spacial score (nSPS) is 10.8. The summed E-state index contributed by atoms with van der Waals surface area (Å²) in [7, 11) is 0. The van der Waals surface area contributed by atoms with Gasteiger partial charge in [0, 0.05) is 25.1 Å². The molecule has 0 fully saturated rings. The minimum Gasteiger partial charge on any atom is -0.478 e. The fourth-order valence-electron chi connectivity index (χ4n) is 0.867. The van der Waals surface area contributed by atoms with Crippen LogP contribution in [0.2, 0.25) is 0 Å². The highest BCUT2D eigenvalue weighted by Crippen LogP contribution is 2.30. The number of carbonyl (C=O) groups is 1. The van der Waals surface area contributed by atoms with Gasteiger partial charge in [0.25, 0.3) is 0 Å². The third kappa shape index (κ3) is 3.22. The van der Waals surface area contributed by atoms with E-state index in [1.54, 1.807) is 0 Å². The van der Waals surface area contributed by atoms with E-state index in [9.17, 15) is 4.79 Å². The van der Waals surface area contributed by atoms with E-state index in [1.807, 2.05) is 12.1 Å². The second kappa shape index (κ2) is 5.09. The molecule has 0 aliphatic heterocycles. The van der Waals surface area contributed by atoms with Crippen LogP contribution >= 0.6 is 47.8 Å². The highest BCUT2D eigenvalue weighted by atomic mass is 79.9. The van der Waals surface area contributed by atoms with Crippen molar-refractivity contribution in [3.63, 3.8) is 0 Å². The zero-order valence-electron chi connectivity index (χ0n) is 6.80. The molecule has 0 bridgehead atoms. The average Bonchev–Trinajstić information content (AvgIpc) is 2.01. The van der Waals surface area contributed by atoms with E-state index in [2.05, 4.69) is 47.8 Å². The van der Waals surface area contributed by atoms with Crippen LogP contribution in [0.5, 0.6) is 0 Å². The minimum atomic E-state index is -0.966. The summed E-state index contributed by atoms with van der Waals surface area (Å²) in [5.41, 5.74) is 0.801. The average molecular weight is 385 g/mol. The van der Waals surface area contributed by atoms with Crippen LogP contribution in [0, 0.1) is 0 Å². The zero-order valence-corrected chi connectivity index (χ0v) is 11.6. The first-order valence-electron chi connectivity index (χ1n) is 3.56. The summed E-state index contributed by atoms with van der Waals surface area (Å²) < 4.78 is 2.58. The summed E-state index contributed by atoms with van der Waals surface area (Å²) >= 11 is 10.0. The third-order valence-electron chi connectivity index (χ3n) is 1.44. The van der Waals surface area contributed by atoms with Crippen LogP contribution in [0.15, 0.2) is 31.6 Å². The molecule has 1 N–H and O–H groups in total. The molecule has 5 heteroatoms. The van der Waals surface area contributed by atoms with Gasteiger partial charge in [-0.1, -0.05) is 47.8 Å². The van der Waals surface area contributed by atoms with Crippen LogP contribution in [-0.4, -0.2) is 11.1 Å². The monoisotopic (exact) mass is 382 g/mol. The molecule has 74 valence electrons. The Bertz CT molecular complexity index is 376. The van der Waals surface area contributed by atoms with Crippen molar-refractivity contribution in [3.05, 3.63) is 37.2 Å². The van der Waals surface area contributed by atoms with Crippen LogP contribution in [0.3, 0.4) is 0 Å². The molecule has 0 aromatic heterocycles. The number of aliphatic carboxylic acids is 1. The van der Waals surface area contributed by atoms with Gasteiger partial charge in [0.15, 0.2) is 0 Å². The minimum absolute atomic E-state index is 0.801. The Morgan fingerprint density at radius 3 is 2.14 bits per heavy atom. The molecule has 0 radical (unpaired) electrons. The number of benzene rings is 1. The van der Waals surface area contributed by atoms with Crippen molar-refractivity contribution in [1.82, 2.24) is 0 Å². The van der Waals surface area contributed by atoms with Crippen molar-refractivity contribution in [2.24, 2.45) is 0 Å². The SMILES string of the molecule is O=C(O)C=Cc1c(Br)cc(Br)cc1Br. The summed E-state index contributed by atoms with van der Waals surface area (Å²) in [6.07, 6.45) is 2.63. The van der Waals surface area contributed by atoms with E-state index < -0.39 is 5.97 Å². The summed E-state index contributed by atoms with van der Waals surface area (Å²) in [6, 6.07) is 3.71. The predicted molar refractivity (Wildman–Crippen MR) is 66.2 cm³/mol. The lowest BCUT2D eigenvalue weighted by Gasteiger charge is -2.02. The maximum Gasteiger partial charge on any atom is 0.328 e. The topological polar surface area (TPSA) is 37.3 Å². The second-order valence-corrected chi connectivity index (χ2v) is 5.08. The molecule has 2 nitrogen and oxygen atoms in total. The lowest BCUT2D eigenvalue weighted by molar-refractivity contribution is -0.131. The van der Waals surface area contributed by atoms with E-state index in [-0.39, 0.29) is 0 Å². The predicted octanol–water partition coefficient (Wildman–Crippen LogP) is 4.07. The Kier molecular flexibility index (Phi) is 4.34. The van der Waals surface area contributed by atoms with E-state index in [0.717, 1.165) is 25.1 Å².